The number of hydrogen-bond donors (Lipinski definition) is 3. The van der Waals surface area contributed by atoms with Gasteiger partial charge in [0.05, 0.1) is 6.61 Å². The van der Waals surface area contributed by atoms with Gasteiger partial charge in [0.15, 0.2) is 24.6 Å². The highest BCUT2D eigenvalue weighted by Crippen LogP contribution is 2.27. The van der Waals surface area contributed by atoms with Gasteiger partial charge < -0.3 is 39.0 Å². The molecule has 12 heteroatoms. The SMILES string of the molecule is CC/C=C\C/C=C\C/C=C\C/C=C\C/C=C\CCCC(=O)OC(COC(=O)CCCCCCCCCCC/C=C\C/C=C\CCCCC)COC1OC(C(=O)O)C(O)C(O)C1OC(=O)CCCCCCCCCCC/C=C\CCCCCCCC. The van der Waals surface area contributed by atoms with Crippen LogP contribution in [0.5, 0.6) is 0 Å². The Hall–Kier alpha value is -4.36. The lowest BCUT2D eigenvalue weighted by Gasteiger charge is -2.40. The van der Waals surface area contributed by atoms with Gasteiger partial charge in [0.2, 0.25) is 0 Å². The molecule has 1 heterocycles. The lowest BCUT2D eigenvalue weighted by Crippen LogP contribution is -2.61. The molecule has 1 saturated heterocycles. The molecule has 0 amide bonds. The zero-order valence-corrected chi connectivity index (χ0v) is 53.8. The van der Waals surface area contributed by atoms with Crippen LogP contribution in [0.1, 0.15) is 290 Å². The lowest BCUT2D eigenvalue weighted by molar-refractivity contribution is -0.301. The molecule has 0 aromatic heterocycles. The Kier molecular flexibility index (Phi) is 55.5. The monoisotopic (exact) mass is 1190 g/mol. The number of carbonyl (C=O) groups is 4. The molecule has 1 aliphatic heterocycles. The average Bonchev–Trinajstić information content (AvgIpc) is 3.53. The summed E-state index contributed by atoms with van der Waals surface area (Å²) in [6.07, 6.45) is 67.9. The standard InChI is InChI=1S/C73H122O12/c1-4-7-10-13-16-19-22-25-28-31-33-36-38-41-44-47-50-53-56-59-65(74)81-62-64(83-66(75)60-57-54-51-48-45-42-39-35-30-27-24-21-18-15-12-9-6-3)63-82-73-71(69(78)68(77)70(85-73)72(79)80)84-67(76)61-58-55-52-49-46-43-40-37-34-32-29-26-23-20-17-14-11-8-5-2/h9,12,16,18-19,21,25-30,39,42,48,51,64,68-71,73,77-78H,4-8,10-11,13-15,17,20,22-24,31-38,40-41,43-47,49-50,52-63H2,1-3H3,(H,79,80)/b12-9-,19-16-,21-18-,28-25-,29-26-,30-27-,42-39-,51-48-. The molecule has 0 saturated carbocycles. The number of allylic oxidation sites excluding steroid dienone is 16. The van der Waals surface area contributed by atoms with E-state index in [1.165, 1.54) is 128 Å². The maximum atomic E-state index is 13.2. The number of unbranched alkanes of at least 4 members (excludes halogenated alkanes) is 28. The van der Waals surface area contributed by atoms with E-state index >= 15 is 0 Å². The molecule has 1 fully saturated rings. The summed E-state index contributed by atoms with van der Waals surface area (Å²) in [7, 11) is 0. The lowest BCUT2D eigenvalue weighted by atomic mass is 9.98. The molecule has 1 rings (SSSR count). The van der Waals surface area contributed by atoms with E-state index in [0.717, 1.165) is 96.3 Å². The third-order valence-electron chi connectivity index (χ3n) is 15.1. The first-order chi connectivity index (χ1) is 41.6. The van der Waals surface area contributed by atoms with Gasteiger partial charge in [-0.25, -0.2) is 4.79 Å². The molecule has 0 radical (unpaired) electrons. The molecule has 0 aromatic carbocycles. The van der Waals surface area contributed by atoms with Crippen LogP contribution in [0, 0.1) is 0 Å². The molecule has 85 heavy (non-hydrogen) atoms. The Bertz CT molecular complexity index is 1840. The maximum absolute atomic E-state index is 13.2. The first kappa shape index (κ1) is 78.7. The van der Waals surface area contributed by atoms with Crippen LogP contribution in [0.15, 0.2) is 97.2 Å². The van der Waals surface area contributed by atoms with Crippen molar-refractivity contribution in [1.29, 1.82) is 0 Å². The summed E-state index contributed by atoms with van der Waals surface area (Å²) in [6.45, 7) is 5.84. The molecule has 0 aromatic rings. The summed E-state index contributed by atoms with van der Waals surface area (Å²) < 4.78 is 28.5. The summed E-state index contributed by atoms with van der Waals surface area (Å²) in [6, 6.07) is 0. The Morgan fingerprint density at radius 2 is 0.753 bits per heavy atom. The first-order valence-corrected chi connectivity index (χ1v) is 34.2. The number of aliphatic hydroxyl groups is 2. The topological polar surface area (TPSA) is 175 Å². The largest absolute Gasteiger partial charge is 0.479 e. The molecule has 1 aliphatic rings. The van der Waals surface area contributed by atoms with Crippen molar-refractivity contribution in [3.8, 4) is 0 Å². The molecular formula is C73H122O12. The third kappa shape index (κ3) is 49.3. The number of aliphatic carboxylic acids is 1. The van der Waals surface area contributed by atoms with Gasteiger partial charge in [0, 0.05) is 19.3 Å². The smallest absolute Gasteiger partial charge is 0.335 e. The second kappa shape index (κ2) is 59.9. The van der Waals surface area contributed by atoms with E-state index in [-0.39, 0.29) is 25.9 Å². The van der Waals surface area contributed by atoms with E-state index < -0.39 is 67.3 Å². The highest BCUT2D eigenvalue weighted by atomic mass is 16.7. The number of carboxylic acids is 1. The zero-order valence-electron chi connectivity index (χ0n) is 53.8. The zero-order chi connectivity index (χ0) is 61.7. The van der Waals surface area contributed by atoms with Crippen molar-refractivity contribution in [2.75, 3.05) is 13.2 Å². The first-order valence-electron chi connectivity index (χ1n) is 34.2. The Morgan fingerprint density at radius 1 is 0.400 bits per heavy atom. The van der Waals surface area contributed by atoms with Crippen LogP contribution in [-0.4, -0.2) is 89.2 Å². The molecule has 486 valence electrons. The quantitative estimate of drug-likeness (QED) is 0.0228. The molecule has 12 nitrogen and oxygen atoms in total. The second-order valence-corrected chi connectivity index (χ2v) is 23.1. The van der Waals surface area contributed by atoms with Crippen LogP contribution in [0.3, 0.4) is 0 Å². The summed E-state index contributed by atoms with van der Waals surface area (Å²) in [5.41, 5.74) is 0. The van der Waals surface area contributed by atoms with E-state index in [0.29, 0.717) is 25.7 Å². The minimum Gasteiger partial charge on any atom is -0.479 e. The number of aliphatic hydroxyl groups excluding tert-OH is 2. The second-order valence-electron chi connectivity index (χ2n) is 23.1. The normalized spacial score (nSPS) is 18.1. The Labute approximate surface area is 517 Å². The van der Waals surface area contributed by atoms with Gasteiger partial charge in [0.25, 0.3) is 0 Å². The van der Waals surface area contributed by atoms with Crippen LogP contribution in [0.2, 0.25) is 0 Å². The molecular weight excluding hydrogens is 1070 g/mol. The van der Waals surface area contributed by atoms with Gasteiger partial charge in [-0.3, -0.25) is 14.4 Å². The molecule has 0 spiro atoms. The number of carbonyl (C=O) groups excluding carboxylic acids is 3. The Balaban J connectivity index is 2.67. The maximum Gasteiger partial charge on any atom is 0.335 e. The predicted molar refractivity (Wildman–Crippen MR) is 349 cm³/mol. The van der Waals surface area contributed by atoms with E-state index in [2.05, 4.69) is 112 Å². The molecule has 0 aliphatic carbocycles. The van der Waals surface area contributed by atoms with Crippen molar-refractivity contribution in [2.24, 2.45) is 0 Å². The van der Waals surface area contributed by atoms with Crippen molar-refractivity contribution < 1.29 is 58.2 Å². The number of rotatable bonds is 58. The van der Waals surface area contributed by atoms with Crippen molar-refractivity contribution in [3.63, 3.8) is 0 Å². The molecule has 6 atom stereocenters. The average molecular weight is 1190 g/mol. The number of ether oxygens (including phenoxy) is 5. The van der Waals surface area contributed by atoms with E-state index in [1.807, 2.05) is 6.08 Å². The van der Waals surface area contributed by atoms with Crippen molar-refractivity contribution in [3.05, 3.63) is 97.2 Å². The van der Waals surface area contributed by atoms with Crippen molar-refractivity contribution in [1.82, 2.24) is 0 Å². The van der Waals surface area contributed by atoms with Gasteiger partial charge in [0.1, 0.15) is 18.8 Å². The van der Waals surface area contributed by atoms with E-state index in [4.69, 9.17) is 23.7 Å². The van der Waals surface area contributed by atoms with Gasteiger partial charge in [-0.2, -0.15) is 0 Å². The Morgan fingerprint density at radius 3 is 1.20 bits per heavy atom. The van der Waals surface area contributed by atoms with Gasteiger partial charge in [-0.1, -0.05) is 253 Å². The summed E-state index contributed by atoms with van der Waals surface area (Å²) in [4.78, 5) is 51.4. The van der Waals surface area contributed by atoms with Gasteiger partial charge >= 0.3 is 23.9 Å². The highest BCUT2D eigenvalue weighted by Gasteiger charge is 2.50. The summed E-state index contributed by atoms with van der Waals surface area (Å²) >= 11 is 0. The van der Waals surface area contributed by atoms with Crippen LogP contribution in [-0.2, 0) is 42.9 Å². The number of carboxylic acid groups (broad SMARTS) is 1. The van der Waals surface area contributed by atoms with E-state index in [9.17, 15) is 34.5 Å². The fourth-order valence-corrected chi connectivity index (χ4v) is 9.90. The van der Waals surface area contributed by atoms with Crippen LogP contribution in [0.4, 0.5) is 0 Å². The minimum absolute atomic E-state index is 0.0484. The van der Waals surface area contributed by atoms with Crippen LogP contribution in [0.25, 0.3) is 0 Å². The molecule has 3 N–H and O–H groups in total. The number of esters is 3. The molecule has 0 bridgehead atoms. The van der Waals surface area contributed by atoms with Crippen molar-refractivity contribution >= 4 is 23.9 Å². The fraction of sp³-hybridized carbons (Fsp3) is 0.726. The fourth-order valence-electron chi connectivity index (χ4n) is 9.90. The number of hydrogen-bond acceptors (Lipinski definition) is 11. The van der Waals surface area contributed by atoms with Gasteiger partial charge in [-0.05, 0) is 116 Å². The minimum atomic E-state index is -1.92. The summed E-state index contributed by atoms with van der Waals surface area (Å²) in [5.74, 6) is -3.20. The van der Waals surface area contributed by atoms with Crippen LogP contribution < -0.4 is 0 Å². The van der Waals surface area contributed by atoms with Crippen molar-refractivity contribution in [2.45, 2.75) is 327 Å². The van der Waals surface area contributed by atoms with E-state index in [1.54, 1.807) is 0 Å². The van der Waals surface area contributed by atoms with Crippen LogP contribution >= 0.6 is 0 Å². The summed E-state index contributed by atoms with van der Waals surface area (Å²) in [5, 5.41) is 31.7. The predicted octanol–water partition coefficient (Wildman–Crippen LogP) is 18.8. The highest BCUT2D eigenvalue weighted by molar-refractivity contribution is 5.74. The molecule has 6 unspecified atom stereocenters. The third-order valence-corrected chi connectivity index (χ3v) is 15.1. The van der Waals surface area contributed by atoms with Gasteiger partial charge in [-0.15, -0.1) is 0 Å².